The van der Waals surface area contributed by atoms with Gasteiger partial charge in [0.25, 0.3) is 5.78 Å². The first kappa shape index (κ1) is 14.5. The van der Waals surface area contributed by atoms with Crippen LogP contribution in [0.25, 0.3) is 5.78 Å². The zero-order valence-corrected chi connectivity index (χ0v) is 12.5. The fraction of sp³-hybridized carbons (Fsp3) is 0.462. The Morgan fingerprint density at radius 3 is 2.95 bits per heavy atom. The highest BCUT2D eigenvalue weighted by atomic mass is 16.5. The fourth-order valence-electron chi connectivity index (χ4n) is 2.06. The minimum absolute atomic E-state index is 0.343. The molecule has 0 aliphatic heterocycles. The first-order valence-electron chi connectivity index (χ1n) is 6.97. The lowest BCUT2D eigenvalue weighted by Crippen LogP contribution is -2.23. The van der Waals surface area contributed by atoms with Crippen molar-refractivity contribution in [3.63, 3.8) is 0 Å². The fourth-order valence-corrected chi connectivity index (χ4v) is 2.06. The summed E-state index contributed by atoms with van der Waals surface area (Å²) in [6.07, 6.45) is 3.52. The molecule has 0 saturated heterocycles. The molecule has 0 spiro atoms. The summed E-state index contributed by atoms with van der Waals surface area (Å²) in [5.74, 6) is 2.39. The summed E-state index contributed by atoms with van der Waals surface area (Å²) in [6, 6.07) is 1.82. The van der Waals surface area contributed by atoms with Gasteiger partial charge >= 0.3 is 0 Å². The number of rotatable bonds is 7. The summed E-state index contributed by atoms with van der Waals surface area (Å²) in [7, 11) is 1.59. The highest BCUT2D eigenvalue weighted by Crippen LogP contribution is 2.07. The Morgan fingerprint density at radius 2 is 2.18 bits per heavy atom. The van der Waals surface area contributed by atoms with Crippen LogP contribution in [0.1, 0.15) is 24.5 Å². The molecule has 0 aliphatic rings. The van der Waals surface area contributed by atoms with Crippen molar-refractivity contribution in [1.29, 1.82) is 0 Å². The highest BCUT2D eigenvalue weighted by molar-refractivity contribution is 5.24. The van der Waals surface area contributed by atoms with Crippen molar-refractivity contribution >= 4 is 5.78 Å². The molecular formula is C13H17N7O2. The largest absolute Gasteiger partial charge is 0.377 e. The number of nitrogens with zero attached hydrogens (tertiary/aromatic N) is 7. The maximum Gasteiger partial charge on any atom is 0.252 e. The summed E-state index contributed by atoms with van der Waals surface area (Å²) in [4.78, 5) is 14.9. The van der Waals surface area contributed by atoms with E-state index in [0.717, 1.165) is 6.54 Å². The van der Waals surface area contributed by atoms with Gasteiger partial charge in [-0.2, -0.15) is 9.97 Å². The molecule has 0 N–H and O–H groups in total. The van der Waals surface area contributed by atoms with Gasteiger partial charge in [-0.25, -0.2) is 9.50 Å². The molecule has 0 fully saturated rings. The molecule has 3 heterocycles. The van der Waals surface area contributed by atoms with Crippen LogP contribution in [0.15, 0.2) is 23.0 Å². The van der Waals surface area contributed by atoms with Crippen molar-refractivity contribution < 1.29 is 9.26 Å². The normalized spacial score (nSPS) is 11.6. The topological polar surface area (TPSA) is 94.5 Å². The second-order valence-corrected chi connectivity index (χ2v) is 4.73. The van der Waals surface area contributed by atoms with E-state index in [4.69, 9.17) is 9.26 Å². The second-order valence-electron chi connectivity index (χ2n) is 4.73. The van der Waals surface area contributed by atoms with Crippen LogP contribution < -0.4 is 0 Å². The average Bonchev–Trinajstić information content (AvgIpc) is 3.13. The zero-order chi connectivity index (χ0) is 15.4. The van der Waals surface area contributed by atoms with Gasteiger partial charge < -0.3 is 9.26 Å². The molecule has 0 aliphatic carbocycles. The van der Waals surface area contributed by atoms with Crippen molar-refractivity contribution in [2.24, 2.45) is 0 Å². The third-order valence-corrected chi connectivity index (χ3v) is 3.12. The van der Waals surface area contributed by atoms with Crippen molar-refractivity contribution in [1.82, 2.24) is 34.6 Å². The number of ether oxygens (including phenoxy) is 1. The van der Waals surface area contributed by atoms with E-state index in [1.165, 1.54) is 0 Å². The molecule has 22 heavy (non-hydrogen) atoms. The van der Waals surface area contributed by atoms with Crippen LogP contribution in [-0.2, 0) is 24.4 Å². The van der Waals surface area contributed by atoms with E-state index in [2.05, 4.69) is 37.0 Å². The lowest BCUT2D eigenvalue weighted by atomic mass is 10.4. The number of fused-ring (bicyclic) bond motifs is 1. The monoisotopic (exact) mass is 303 g/mol. The summed E-state index contributed by atoms with van der Waals surface area (Å²) >= 11 is 0. The Bertz CT molecular complexity index is 706. The number of aromatic nitrogens is 6. The minimum Gasteiger partial charge on any atom is -0.377 e. The smallest absolute Gasteiger partial charge is 0.252 e. The first-order chi connectivity index (χ1) is 10.8. The van der Waals surface area contributed by atoms with Crippen LogP contribution in [0, 0.1) is 0 Å². The maximum atomic E-state index is 5.21. The van der Waals surface area contributed by atoms with Crippen LogP contribution >= 0.6 is 0 Å². The van der Waals surface area contributed by atoms with Crippen LogP contribution in [-0.4, -0.2) is 48.3 Å². The van der Waals surface area contributed by atoms with Crippen LogP contribution in [0.5, 0.6) is 0 Å². The molecule has 0 atom stereocenters. The molecular weight excluding hydrogens is 286 g/mol. The Hall–Kier alpha value is -2.39. The molecule has 0 aromatic carbocycles. The van der Waals surface area contributed by atoms with Gasteiger partial charge in [0.05, 0.1) is 13.1 Å². The quantitative estimate of drug-likeness (QED) is 0.629. The predicted molar refractivity (Wildman–Crippen MR) is 75.6 cm³/mol. The molecule has 9 nitrogen and oxygen atoms in total. The molecule has 0 bridgehead atoms. The van der Waals surface area contributed by atoms with Gasteiger partial charge in [0.2, 0.25) is 5.89 Å². The molecule has 0 saturated carbocycles. The van der Waals surface area contributed by atoms with Crippen molar-refractivity contribution in [2.75, 3.05) is 13.7 Å². The average molecular weight is 303 g/mol. The zero-order valence-electron chi connectivity index (χ0n) is 12.5. The Morgan fingerprint density at radius 1 is 1.27 bits per heavy atom. The first-order valence-corrected chi connectivity index (χ1v) is 6.97. The summed E-state index contributed by atoms with van der Waals surface area (Å²) < 4.78 is 11.8. The summed E-state index contributed by atoms with van der Waals surface area (Å²) in [5, 5.41) is 8.24. The van der Waals surface area contributed by atoms with Gasteiger partial charge in [0, 0.05) is 19.5 Å². The number of hydrogen-bond acceptors (Lipinski definition) is 8. The molecule has 0 unspecified atom stereocenters. The summed E-state index contributed by atoms with van der Waals surface area (Å²) in [5.41, 5.74) is 0. The van der Waals surface area contributed by atoms with Crippen molar-refractivity contribution in [2.45, 2.75) is 26.6 Å². The molecule has 9 heteroatoms. The number of methoxy groups -OCH3 is 1. The van der Waals surface area contributed by atoms with E-state index in [1.54, 1.807) is 17.8 Å². The standard InChI is InChI=1S/C13H17N7O2/c1-3-19(8-12-15-11(9-21-2)18-22-12)7-10-16-13-14-5-4-6-20(13)17-10/h4-6H,3,7-9H2,1-2H3. The van der Waals surface area contributed by atoms with E-state index in [1.807, 2.05) is 12.3 Å². The molecule has 3 aromatic heterocycles. The van der Waals surface area contributed by atoms with Gasteiger partial charge in [0.1, 0.15) is 6.61 Å². The van der Waals surface area contributed by atoms with Crippen LogP contribution in [0.3, 0.4) is 0 Å². The number of hydrogen-bond donors (Lipinski definition) is 0. The molecule has 0 radical (unpaired) electrons. The van der Waals surface area contributed by atoms with Gasteiger partial charge in [-0.15, -0.1) is 5.10 Å². The minimum atomic E-state index is 0.343. The van der Waals surface area contributed by atoms with Gasteiger partial charge in [-0.1, -0.05) is 12.1 Å². The SMILES string of the molecule is CCN(Cc1nc2ncccn2n1)Cc1nc(COC)no1. The molecule has 0 amide bonds. The Labute approximate surface area is 126 Å². The highest BCUT2D eigenvalue weighted by Gasteiger charge is 2.14. The Kier molecular flexibility index (Phi) is 4.35. The van der Waals surface area contributed by atoms with Gasteiger partial charge in [-0.3, -0.25) is 4.90 Å². The third-order valence-electron chi connectivity index (χ3n) is 3.12. The Balaban J connectivity index is 1.68. The molecule has 116 valence electrons. The third kappa shape index (κ3) is 3.26. The molecule has 3 rings (SSSR count). The van der Waals surface area contributed by atoms with E-state index in [0.29, 0.717) is 43.0 Å². The van der Waals surface area contributed by atoms with Crippen LogP contribution in [0.2, 0.25) is 0 Å². The predicted octanol–water partition coefficient (Wildman–Crippen LogP) is 0.676. The van der Waals surface area contributed by atoms with Gasteiger partial charge in [-0.05, 0) is 12.6 Å². The maximum absolute atomic E-state index is 5.21. The summed E-state index contributed by atoms with van der Waals surface area (Å²) in [6.45, 7) is 4.33. The van der Waals surface area contributed by atoms with E-state index >= 15 is 0 Å². The van der Waals surface area contributed by atoms with Crippen LogP contribution in [0.4, 0.5) is 0 Å². The van der Waals surface area contributed by atoms with Crippen molar-refractivity contribution in [3.05, 3.63) is 36.0 Å². The lowest BCUT2D eigenvalue weighted by Gasteiger charge is -2.15. The molecule has 3 aromatic rings. The van der Waals surface area contributed by atoms with Gasteiger partial charge in [0.15, 0.2) is 11.6 Å². The lowest BCUT2D eigenvalue weighted by molar-refractivity contribution is 0.174. The van der Waals surface area contributed by atoms with E-state index in [-0.39, 0.29) is 0 Å². The second kappa shape index (κ2) is 6.58. The van der Waals surface area contributed by atoms with E-state index in [9.17, 15) is 0 Å². The van der Waals surface area contributed by atoms with E-state index < -0.39 is 0 Å². The van der Waals surface area contributed by atoms with Crippen molar-refractivity contribution in [3.8, 4) is 0 Å².